The Hall–Kier alpha value is -1.51. The Kier molecular flexibility index (Phi) is 2.33. The van der Waals surface area contributed by atoms with E-state index in [9.17, 15) is 5.11 Å². The van der Waals surface area contributed by atoms with E-state index in [0.29, 0.717) is 5.56 Å². The van der Waals surface area contributed by atoms with Crippen LogP contribution >= 0.6 is 0 Å². The average molecular weight is 164 g/mol. The number of rotatable bonds is 1. The number of hydrogen-bond acceptors (Lipinski definition) is 3. The molecule has 0 unspecified atom stereocenters. The molecule has 0 aliphatic rings. The van der Waals surface area contributed by atoms with Crippen LogP contribution in [0.25, 0.3) is 0 Å². The maximum atomic E-state index is 9.56. The number of nitrogens with zero attached hydrogens (tertiary/aromatic N) is 1. The molecule has 12 heavy (non-hydrogen) atoms. The van der Waals surface area contributed by atoms with E-state index in [-0.39, 0.29) is 5.75 Å². The molecule has 0 spiro atoms. The van der Waals surface area contributed by atoms with Gasteiger partial charge in [0.15, 0.2) is 0 Å². The van der Waals surface area contributed by atoms with E-state index in [4.69, 9.17) is 5.84 Å². The first kappa shape index (κ1) is 8.59. The summed E-state index contributed by atoms with van der Waals surface area (Å²) in [5.74, 6) is 5.23. The van der Waals surface area contributed by atoms with Gasteiger partial charge in [0.25, 0.3) is 0 Å². The number of phenolic OH excluding ortho intramolecular Hbond substituents is 1. The van der Waals surface area contributed by atoms with Gasteiger partial charge < -0.3 is 10.9 Å². The highest BCUT2D eigenvalue weighted by Gasteiger charge is 2.03. The number of benzene rings is 1. The van der Waals surface area contributed by atoms with Crippen molar-refractivity contribution >= 4 is 6.21 Å². The number of nitrogens with two attached hydrogens (primary N) is 1. The monoisotopic (exact) mass is 164 g/mol. The zero-order chi connectivity index (χ0) is 9.14. The summed E-state index contributed by atoms with van der Waals surface area (Å²) in [7, 11) is 0. The van der Waals surface area contributed by atoms with Crippen LogP contribution in [-0.4, -0.2) is 11.3 Å². The van der Waals surface area contributed by atoms with E-state index in [1.807, 2.05) is 19.9 Å². The van der Waals surface area contributed by atoms with Gasteiger partial charge in [-0.15, -0.1) is 0 Å². The van der Waals surface area contributed by atoms with Crippen molar-refractivity contribution in [1.29, 1.82) is 0 Å². The number of hydrogen-bond donors (Lipinski definition) is 2. The number of hydrazone groups is 1. The van der Waals surface area contributed by atoms with E-state index in [1.54, 1.807) is 6.07 Å². The third-order valence-electron chi connectivity index (χ3n) is 1.95. The average Bonchev–Trinajstić information content (AvgIpc) is 2.07. The SMILES string of the molecule is Cc1ccc(C=NN)c(O)c1C. The zero-order valence-electron chi connectivity index (χ0n) is 7.20. The van der Waals surface area contributed by atoms with E-state index >= 15 is 0 Å². The Morgan fingerprint density at radius 2 is 2.08 bits per heavy atom. The molecule has 0 heterocycles. The summed E-state index contributed by atoms with van der Waals surface area (Å²) in [6.07, 6.45) is 1.43. The molecule has 64 valence electrons. The van der Waals surface area contributed by atoms with Crippen LogP contribution in [0.15, 0.2) is 17.2 Å². The maximum absolute atomic E-state index is 9.56. The molecule has 0 aromatic heterocycles. The van der Waals surface area contributed by atoms with Gasteiger partial charge >= 0.3 is 0 Å². The van der Waals surface area contributed by atoms with Gasteiger partial charge in [0.05, 0.1) is 6.21 Å². The largest absolute Gasteiger partial charge is 0.507 e. The molecule has 3 nitrogen and oxygen atoms in total. The molecule has 0 aliphatic heterocycles. The van der Waals surface area contributed by atoms with Gasteiger partial charge in [0.1, 0.15) is 5.75 Å². The highest BCUT2D eigenvalue weighted by atomic mass is 16.3. The van der Waals surface area contributed by atoms with Crippen molar-refractivity contribution in [3.05, 3.63) is 28.8 Å². The molecule has 0 aliphatic carbocycles. The lowest BCUT2D eigenvalue weighted by molar-refractivity contribution is 0.469. The van der Waals surface area contributed by atoms with Crippen molar-refractivity contribution in [2.75, 3.05) is 0 Å². The van der Waals surface area contributed by atoms with E-state index in [1.165, 1.54) is 6.21 Å². The molecule has 0 fully saturated rings. The van der Waals surface area contributed by atoms with Gasteiger partial charge in [-0.1, -0.05) is 6.07 Å². The summed E-state index contributed by atoms with van der Waals surface area (Å²) in [4.78, 5) is 0. The molecule has 0 amide bonds. The molecule has 0 bridgehead atoms. The van der Waals surface area contributed by atoms with Crippen LogP contribution in [0, 0.1) is 13.8 Å². The summed E-state index contributed by atoms with van der Waals surface area (Å²) in [5, 5.41) is 12.9. The number of aryl methyl sites for hydroxylation is 1. The van der Waals surface area contributed by atoms with Crippen LogP contribution in [0.5, 0.6) is 5.75 Å². The second-order valence-electron chi connectivity index (χ2n) is 2.72. The molecular formula is C9H12N2O. The third kappa shape index (κ3) is 1.39. The van der Waals surface area contributed by atoms with E-state index in [0.717, 1.165) is 11.1 Å². The molecule has 3 N–H and O–H groups in total. The standard InChI is InChI=1S/C9H12N2O/c1-6-3-4-8(5-11-10)9(12)7(6)2/h3-5,12H,10H2,1-2H3. The Morgan fingerprint density at radius 3 is 2.67 bits per heavy atom. The molecule has 1 rings (SSSR count). The van der Waals surface area contributed by atoms with Crippen LogP contribution in [0.3, 0.4) is 0 Å². The van der Waals surface area contributed by atoms with Crippen LogP contribution in [-0.2, 0) is 0 Å². The fraction of sp³-hybridized carbons (Fsp3) is 0.222. The first-order valence-corrected chi connectivity index (χ1v) is 3.69. The summed E-state index contributed by atoms with van der Waals surface area (Å²) in [6.45, 7) is 3.80. The summed E-state index contributed by atoms with van der Waals surface area (Å²) >= 11 is 0. The van der Waals surface area contributed by atoms with E-state index in [2.05, 4.69) is 5.10 Å². The van der Waals surface area contributed by atoms with Gasteiger partial charge in [0, 0.05) is 5.56 Å². The van der Waals surface area contributed by atoms with Gasteiger partial charge in [-0.3, -0.25) is 0 Å². The lowest BCUT2D eigenvalue weighted by Gasteiger charge is -2.04. The molecule has 3 heteroatoms. The predicted octanol–water partition coefficient (Wildman–Crippen LogP) is 1.30. The molecular weight excluding hydrogens is 152 g/mol. The highest BCUT2D eigenvalue weighted by Crippen LogP contribution is 2.22. The second-order valence-corrected chi connectivity index (χ2v) is 2.72. The Balaban J connectivity index is 3.26. The Labute approximate surface area is 71.5 Å². The minimum Gasteiger partial charge on any atom is -0.507 e. The van der Waals surface area contributed by atoms with Gasteiger partial charge in [-0.05, 0) is 31.0 Å². The second kappa shape index (κ2) is 3.26. The quantitative estimate of drug-likeness (QED) is 0.373. The highest BCUT2D eigenvalue weighted by molar-refractivity contribution is 5.84. The predicted molar refractivity (Wildman–Crippen MR) is 49.4 cm³/mol. The molecule has 1 aromatic rings. The fourth-order valence-electron chi connectivity index (χ4n) is 1.01. The third-order valence-corrected chi connectivity index (χ3v) is 1.95. The first-order chi connectivity index (χ1) is 5.66. The van der Waals surface area contributed by atoms with Crippen LogP contribution in [0.1, 0.15) is 16.7 Å². The number of aromatic hydroxyl groups is 1. The number of phenols is 1. The summed E-state index contributed by atoms with van der Waals surface area (Å²) < 4.78 is 0. The first-order valence-electron chi connectivity index (χ1n) is 3.69. The van der Waals surface area contributed by atoms with Gasteiger partial charge in [0.2, 0.25) is 0 Å². The van der Waals surface area contributed by atoms with Crippen molar-refractivity contribution in [1.82, 2.24) is 0 Å². The Bertz CT molecular complexity index is 319. The van der Waals surface area contributed by atoms with E-state index < -0.39 is 0 Å². The molecule has 0 atom stereocenters. The van der Waals surface area contributed by atoms with Crippen molar-refractivity contribution in [2.45, 2.75) is 13.8 Å². The smallest absolute Gasteiger partial charge is 0.127 e. The normalized spacial score (nSPS) is 10.8. The van der Waals surface area contributed by atoms with Crippen LogP contribution in [0.4, 0.5) is 0 Å². The van der Waals surface area contributed by atoms with Crippen molar-refractivity contribution in [2.24, 2.45) is 10.9 Å². The summed E-state index contributed by atoms with van der Waals surface area (Å²) in [5.41, 5.74) is 2.58. The lowest BCUT2D eigenvalue weighted by atomic mass is 10.1. The van der Waals surface area contributed by atoms with Gasteiger partial charge in [-0.25, -0.2) is 0 Å². The van der Waals surface area contributed by atoms with Crippen molar-refractivity contribution in [3.63, 3.8) is 0 Å². The molecule has 0 saturated carbocycles. The minimum absolute atomic E-state index is 0.254. The van der Waals surface area contributed by atoms with Gasteiger partial charge in [-0.2, -0.15) is 5.10 Å². The molecule has 0 saturated heterocycles. The topological polar surface area (TPSA) is 58.6 Å². The Morgan fingerprint density at radius 1 is 1.42 bits per heavy atom. The van der Waals surface area contributed by atoms with Crippen molar-refractivity contribution in [3.8, 4) is 5.75 Å². The lowest BCUT2D eigenvalue weighted by Crippen LogP contribution is -1.90. The fourth-order valence-corrected chi connectivity index (χ4v) is 1.01. The summed E-state index contributed by atoms with van der Waals surface area (Å²) in [6, 6.07) is 3.71. The minimum atomic E-state index is 0.254. The van der Waals surface area contributed by atoms with Crippen molar-refractivity contribution < 1.29 is 5.11 Å². The van der Waals surface area contributed by atoms with Crippen LogP contribution in [0.2, 0.25) is 0 Å². The zero-order valence-corrected chi connectivity index (χ0v) is 7.20. The molecule has 0 radical (unpaired) electrons. The van der Waals surface area contributed by atoms with Crippen LogP contribution < -0.4 is 5.84 Å². The molecule has 1 aromatic carbocycles. The maximum Gasteiger partial charge on any atom is 0.127 e.